The summed E-state index contributed by atoms with van der Waals surface area (Å²) < 4.78 is 0. The van der Waals surface area contributed by atoms with Crippen LogP contribution in [-0.4, -0.2) is 15.8 Å². The van der Waals surface area contributed by atoms with Crippen molar-refractivity contribution in [3.05, 3.63) is 29.8 Å². The molecular weight excluding hydrogens is 262 g/mol. The minimum Gasteiger partial charge on any atom is -0.398 e. The van der Waals surface area contributed by atoms with Crippen LogP contribution in [0.3, 0.4) is 0 Å². The lowest BCUT2D eigenvalue weighted by Gasteiger charge is -2.06. The van der Waals surface area contributed by atoms with Crippen molar-refractivity contribution in [1.82, 2.24) is 9.97 Å². The Labute approximate surface area is 114 Å². The van der Waals surface area contributed by atoms with Crippen LogP contribution >= 0.6 is 11.8 Å². The predicted molar refractivity (Wildman–Crippen MR) is 75.8 cm³/mol. The minimum atomic E-state index is -0.0899. The van der Waals surface area contributed by atoms with E-state index in [0.29, 0.717) is 28.0 Å². The monoisotopic (exact) mass is 275 g/mol. The van der Waals surface area contributed by atoms with Crippen molar-refractivity contribution in [2.45, 2.75) is 17.0 Å². The average Bonchev–Trinajstić information content (AvgIpc) is 2.30. The molecule has 1 aromatic carbocycles. The molecule has 0 bridgehead atoms. The highest BCUT2D eigenvalue weighted by atomic mass is 32.2. The van der Waals surface area contributed by atoms with E-state index in [-0.39, 0.29) is 5.78 Å². The third-order valence-electron chi connectivity index (χ3n) is 2.36. The highest BCUT2D eigenvalue weighted by Gasteiger charge is 2.08. The molecule has 0 saturated heterocycles. The Bertz CT molecular complexity index is 624. The van der Waals surface area contributed by atoms with Gasteiger partial charge in [0.25, 0.3) is 0 Å². The third kappa shape index (κ3) is 3.14. The summed E-state index contributed by atoms with van der Waals surface area (Å²) in [5, 5.41) is 0.428. The van der Waals surface area contributed by atoms with E-state index in [0.717, 1.165) is 4.90 Å². The fraction of sp³-hybridized carbons (Fsp3) is 0.0833. The number of ketones is 1. The number of benzene rings is 1. The summed E-state index contributed by atoms with van der Waals surface area (Å²) in [6.45, 7) is 1.47. The largest absolute Gasteiger partial charge is 0.398 e. The number of aromatic nitrogens is 2. The summed E-state index contributed by atoms with van der Waals surface area (Å²) in [7, 11) is 0. The van der Waals surface area contributed by atoms with E-state index in [1.807, 2.05) is 0 Å². The Kier molecular flexibility index (Phi) is 3.57. The van der Waals surface area contributed by atoms with Crippen molar-refractivity contribution in [3.63, 3.8) is 0 Å². The van der Waals surface area contributed by atoms with Gasteiger partial charge in [0.1, 0.15) is 11.6 Å². The average molecular weight is 275 g/mol. The first kappa shape index (κ1) is 13.2. The van der Waals surface area contributed by atoms with E-state index in [1.165, 1.54) is 24.8 Å². The summed E-state index contributed by atoms with van der Waals surface area (Å²) in [5.41, 5.74) is 17.8. The lowest BCUT2D eigenvalue weighted by atomic mass is 10.1. The van der Waals surface area contributed by atoms with E-state index < -0.39 is 0 Å². The van der Waals surface area contributed by atoms with Gasteiger partial charge in [0, 0.05) is 22.2 Å². The molecule has 0 radical (unpaired) electrons. The normalized spacial score (nSPS) is 10.4. The fourth-order valence-electron chi connectivity index (χ4n) is 1.52. The Morgan fingerprint density at radius 3 is 2.32 bits per heavy atom. The van der Waals surface area contributed by atoms with Crippen molar-refractivity contribution in [2.75, 3.05) is 17.2 Å². The van der Waals surface area contributed by atoms with Crippen molar-refractivity contribution in [2.24, 2.45) is 0 Å². The number of Topliss-reactive ketones (excluding diaryl/α,β-unsaturated/α-hetero) is 1. The van der Waals surface area contributed by atoms with Gasteiger partial charge in [0.05, 0.1) is 0 Å². The first-order chi connectivity index (χ1) is 8.95. The lowest BCUT2D eigenvalue weighted by Crippen LogP contribution is -2.01. The molecule has 1 heterocycles. The van der Waals surface area contributed by atoms with Crippen LogP contribution in [0.1, 0.15) is 17.3 Å². The number of nitrogen functional groups attached to an aromatic ring is 3. The molecule has 98 valence electrons. The van der Waals surface area contributed by atoms with Crippen molar-refractivity contribution in [3.8, 4) is 0 Å². The maximum atomic E-state index is 11.4. The van der Waals surface area contributed by atoms with Gasteiger partial charge in [-0.15, -0.1) is 0 Å². The molecular formula is C12H13N5OS. The molecule has 7 heteroatoms. The van der Waals surface area contributed by atoms with Gasteiger partial charge in [0.15, 0.2) is 10.9 Å². The number of nitrogens with zero attached hydrogens (tertiary/aromatic N) is 2. The molecule has 6 N–H and O–H groups in total. The van der Waals surface area contributed by atoms with E-state index in [2.05, 4.69) is 9.97 Å². The number of hydrogen-bond acceptors (Lipinski definition) is 7. The van der Waals surface area contributed by atoms with Crippen LogP contribution in [0, 0.1) is 0 Å². The molecule has 0 aliphatic rings. The van der Waals surface area contributed by atoms with Crippen LogP contribution in [0.2, 0.25) is 0 Å². The Hall–Kier alpha value is -2.28. The van der Waals surface area contributed by atoms with Crippen LogP contribution < -0.4 is 17.2 Å². The summed E-state index contributed by atoms with van der Waals surface area (Å²) in [4.78, 5) is 20.3. The SMILES string of the molecule is CC(=O)c1cc(Sc2nc(N)cc(N)n2)ccc1N. The molecule has 0 saturated carbocycles. The Balaban J connectivity index is 2.33. The zero-order chi connectivity index (χ0) is 14.0. The van der Waals surface area contributed by atoms with Gasteiger partial charge >= 0.3 is 0 Å². The number of hydrogen-bond donors (Lipinski definition) is 3. The van der Waals surface area contributed by atoms with Crippen molar-refractivity contribution < 1.29 is 4.79 Å². The number of anilines is 3. The molecule has 0 amide bonds. The second-order valence-electron chi connectivity index (χ2n) is 3.91. The second kappa shape index (κ2) is 5.15. The molecule has 0 atom stereocenters. The van der Waals surface area contributed by atoms with E-state index in [9.17, 15) is 4.79 Å². The van der Waals surface area contributed by atoms with E-state index in [1.54, 1.807) is 18.2 Å². The molecule has 19 heavy (non-hydrogen) atoms. The van der Waals surface area contributed by atoms with Crippen LogP contribution in [0.15, 0.2) is 34.3 Å². The topological polar surface area (TPSA) is 121 Å². The summed E-state index contributed by atoms with van der Waals surface area (Å²) >= 11 is 1.27. The summed E-state index contributed by atoms with van der Waals surface area (Å²) in [5.74, 6) is 0.516. The van der Waals surface area contributed by atoms with E-state index >= 15 is 0 Å². The molecule has 1 aromatic heterocycles. The summed E-state index contributed by atoms with van der Waals surface area (Å²) in [6.07, 6.45) is 0. The zero-order valence-corrected chi connectivity index (χ0v) is 11.1. The quantitative estimate of drug-likeness (QED) is 0.441. The Morgan fingerprint density at radius 1 is 1.11 bits per heavy atom. The standard InChI is InChI=1S/C12H13N5OS/c1-6(18)8-4-7(2-3-9(8)13)19-12-16-10(14)5-11(15)17-12/h2-5H,13H2,1H3,(H4,14,15,16,17). The van der Waals surface area contributed by atoms with Gasteiger partial charge < -0.3 is 17.2 Å². The van der Waals surface area contributed by atoms with Gasteiger partial charge in [-0.2, -0.15) is 0 Å². The molecule has 6 nitrogen and oxygen atoms in total. The van der Waals surface area contributed by atoms with Crippen LogP contribution in [0.4, 0.5) is 17.3 Å². The van der Waals surface area contributed by atoms with Crippen molar-refractivity contribution >= 4 is 34.9 Å². The maximum absolute atomic E-state index is 11.4. The number of rotatable bonds is 3. The lowest BCUT2D eigenvalue weighted by molar-refractivity contribution is 0.101. The van der Waals surface area contributed by atoms with Gasteiger partial charge in [-0.3, -0.25) is 4.79 Å². The van der Waals surface area contributed by atoms with Gasteiger partial charge in [0.2, 0.25) is 0 Å². The first-order valence-electron chi connectivity index (χ1n) is 5.44. The van der Waals surface area contributed by atoms with Gasteiger partial charge in [-0.05, 0) is 36.9 Å². The van der Waals surface area contributed by atoms with Gasteiger partial charge in [-0.25, -0.2) is 9.97 Å². The first-order valence-corrected chi connectivity index (χ1v) is 6.25. The fourth-order valence-corrected chi connectivity index (χ4v) is 2.34. The molecule has 0 unspecified atom stereocenters. The van der Waals surface area contributed by atoms with Crippen LogP contribution in [0.5, 0.6) is 0 Å². The zero-order valence-electron chi connectivity index (χ0n) is 10.3. The molecule has 0 fully saturated rings. The predicted octanol–water partition coefficient (Wildman–Crippen LogP) is 1.58. The summed E-state index contributed by atoms with van der Waals surface area (Å²) in [6, 6.07) is 6.64. The van der Waals surface area contributed by atoms with Crippen molar-refractivity contribution in [1.29, 1.82) is 0 Å². The number of carbonyl (C=O) groups excluding carboxylic acids is 1. The third-order valence-corrected chi connectivity index (χ3v) is 3.21. The molecule has 0 spiro atoms. The molecule has 2 rings (SSSR count). The second-order valence-corrected chi connectivity index (χ2v) is 4.95. The van der Waals surface area contributed by atoms with Gasteiger partial charge in [-0.1, -0.05) is 0 Å². The molecule has 2 aromatic rings. The molecule has 0 aliphatic heterocycles. The Morgan fingerprint density at radius 2 is 1.74 bits per heavy atom. The molecule has 0 aliphatic carbocycles. The minimum absolute atomic E-state index is 0.0899. The highest BCUT2D eigenvalue weighted by molar-refractivity contribution is 7.99. The maximum Gasteiger partial charge on any atom is 0.196 e. The smallest absolute Gasteiger partial charge is 0.196 e. The number of carbonyl (C=O) groups is 1. The number of nitrogens with two attached hydrogens (primary N) is 3. The van der Waals surface area contributed by atoms with Crippen LogP contribution in [0.25, 0.3) is 0 Å². The van der Waals surface area contributed by atoms with Crippen LogP contribution in [-0.2, 0) is 0 Å². The highest BCUT2D eigenvalue weighted by Crippen LogP contribution is 2.28. The van der Waals surface area contributed by atoms with E-state index in [4.69, 9.17) is 17.2 Å².